The van der Waals surface area contributed by atoms with Crippen LogP contribution in [-0.2, 0) is 4.79 Å². The second-order valence-electron chi connectivity index (χ2n) is 9.66. The van der Waals surface area contributed by atoms with Crippen LogP contribution in [-0.4, -0.2) is 50.9 Å². The van der Waals surface area contributed by atoms with Crippen molar-refractivity contribution < 1.29 is 9.90 Å². The van der Waals surface area contributed by atoms with Gasteiger partial charge in [-0.2, -0.15) is 5.10 Å². The molecule has 1 aliphatic carbocycles. The third-order valence-corrected chi connectivity index (χ3v) is 7.47. The summed E-state index contributed by atoms with van der Waals surface area (Å²) in [6.45, 7) is 1.57. The molecule has 4 unspecified atom stereocenters. The minimum absolute atomic E-state index is 0.113. The van der Waals surface area contributed by atoms with Gasteiger partial charge in [0.25, 0.3) is 5.91 Å². The number of nitrogens with zero attached hydrogens (tertiary/aromatic N) is 3. The van der Waals surface area contributed by atoms with E-state index in [1.54, 1.807) is 0 Å². The van der Waals surface area contributed by atoms with E-state index in [0.717, 1.165) is 62.8 Å². The van der Waals surface area contributed by atoms with E-state index in [1.807, 2.05) is 64.4 Å². The van der Waals surface area contributed by atoms with Crippen molar-refractivity contribution in [2.75, 3.05) is 13.1 Å². The summed E-state index contributed by atoms with van der Waals surface area (Å²) in [6, 6.07) is 12.8. The molecule has 1 aromatic carbocycles. The summed E-state index contributed by atoms with van der Waals surface area (Å²) in [5, 5.41) is 18.7. The van der Waals surface area contributed by atoms with E-state index in [0.29, 0.717) is 18.0 Å². The second-order valence-corrected chi connectivity index (χ2v) is 9.66. The maximum absolute atomic E-state index is 13.0. The van der Waals surface area contributed by atoms with E-state index in [1.165, 1.54) is 0 Å². The molecule has 3 heterocycles. The molecule has 6 nitrogen and oxygen atoms in total. The highest BCUT2D eigenvalue weighted by atomic mass is 16.3. The maximum atomic E-state index is 13.0. The standard InChI is InChI=1S/C27H34N4O2/c32-26(21-5-2-1-3-6-21)25-12-11-23(29-25)19-20-7-9-22(10-8-20)27(33)30-17-13-24(14-18-30)31-16-4-15-28-31/h1-7,9-10,15-16,20,23-26,29,32H,8,11-14,17-19H2. The minimum atomic E-state index is -0.459. The molecule has 2 N–H and O–H groups in total. The number of hydrogen-bond acceptors (Lipinski definition) is 4. The lowest BCUT2D eigenvalue weighted by atomic mass is 9.90. The lowest BCUT2D eigenvalue weighted by Crippen LogP contribution is -2.40. The predicted molar refractivity (Wildman–Crippen MR) is 128 cm³/mol. The molecule has 2 fully saturated rings. The SMILES string of the molecule is O=C(C1=CCC(CC2CCC(C(O)c3ccccc3)N2)C=C1)N1CCC(n2cccn2)CC1. The van der Waals surface area contributed by atoms with Crippen LogP contribution in [0.4, 0.5) is 0 Å². The quantitative estimate of drug-likeness (QED) is 0.708. The lowest BCUT2D eigenvalue weighted by molar-refractivity contribution is -0.128. The highest BCUT2D eigenvalue weighted by Gasteiger charge is 2.31. The molecule has 0 saturated carbocycles. The molecule has 0 radical (unpaired) electrons. The first kappa shape index (κ1) is 22.1. The van der Waals surface area contributed by atoms with Crippen LogP contribution in [0.3, 0.4) is 0 Å². The first-order valence-electron chi connectivity index (χ1n) is 12.3. The zero-order valence-electron chi connectivity index (χ0n) is 19.1. The van der Waals surface area contributed by atoms with Gasteiger partial charge in [0, 0.05) is 43.1 Å². The van der Waals surface area contributed by atoms with Crippen molar-refractivity contribution in [1.82, 2.24) is 20.0 Å². The number of likely N-dealkylation sites (tertiary alicyclic amines) is 1. The number of aromatic nitrogens is 2. The highest BCUT2D eigenvalue weighted by molar-refractivity contribution is 5.96. The van der Waals surface area contributed by atoms with Gasteiger partial charge < -0.3 is 15.3 Å². The average molecular weight is 447 g/mol. The zero-order valence-corrected chi connectivity index (χ0v) is 19.1. The molecule has 2 aliphatic heterocycles. The van der Waals surface area contributed by atoms with E-state index >= 15 is 0 Å². The predicted octanol–water partition coefficient (Wildman–Crippen LogP) is 3.79. The van der Waals surface area contributed by atoms with Crippen molar-refractivity contribution in [3.05, 3.63) is 78.2 Å². The van der Waals surface area contributed by atoms with Crippen molar-refractivity contribution in [2.45, 2.75) is 62.8 Å². The van der Waals surface area contributed by atoms with Gasteiger partial charge in [0.2, 0.25) is 0 Å². The molecule has 174 valence electrons. The average Bonchev–Trinajstić information content (AvgIpc) is 3.57. The molecule has 1 aromatic heterocycles. The smallest absolute Gasteiger partial charge is 0.253 e. The third kappa shape index (κ3) is 5.12. The summed E-state index contributed by atoms with van der Waals surface area (Å²) in [5.41, 5.74) is 1.81. The van der Waals surface area contributed by atoms with Crippen molar-refractivity contribution in [2.24, 2.45) is 5.92 Å². The molecule has 0 spiro atoms. The molecular weight excluding hydrogens is 412 g/mol. The first-order valence-corrected chi connectivity index (χ1v) is 12.3. The van der Waals surface area contributed by atoms with Crippen LogP contribution in [0.15, 0.2) is 72.6 Å². The molecule has 2 saturated heterocycles. The summed E-state index contributed by atoms with van der Waals surface area (Å²) in [7, 11) is 0. The Hall–Kier alpha value is -2.70. The molecular formula is C27H34N4O2. The van der Waals surface area contributed by atoms with Crippen molar-refractivity contribution in [1.29, 1.82) is 0 Å². The number of carbonyl (C=O) groups is 1. The normalized spacial score (nSPS) is 26.9. The summed E-state index contributed by atoms with van der Waals surface area (Å²) in [4.78, 5) is 15.0. The number of benzene rings is 1. The third-order valence-electron chi connectivity index (χ3n) is 7.47. The fourth-order valence-corrected chi connectivity index (χ4v) is 5.54. The number of carbonyl (C=O) groups excluding carboxylic acids is 1. The van der Waals surface area contributed by atoms with Gasteiger partial charge in [-0.15, -0.1) is 0 Å². The van der Waals surface area contributed by atoms with Crippen LogP contribution in [0.5, 0.6) is 0 Å². The summed E-state index contributed by atoms with van der Waals surface area (Å²) >= 11 is 0. The van der Waals surface area contributed by atoms with E-state index in [9.17, 15) is 9.90 Å². The number of allylic oxidation sites excluding steroid dienone is 2. The molecule has 4 atom stereocenters. The van der Waals surface area contributed by atoms with Crippen LogP contribution in [0.25, 0.3) is 0 Å². The number of aliphatic hydroxyl groups is 1. The van der Waals surface area contributed by atoms with Gasteiger partial charge in [0.1, 0.15) is 0 Å². The number of rotatable bonds is 6. The Labute approximate surface area is 196 Å². The Bertz CT molecular complexity index is 977. The van der Waals surface area contributed by atoms with Gasteiger partial charge in [-0.1, -0.05) is 48.6 Å². The molecule has 33 heavy (non-hydrogen) atoms. The highest BCUT2D eigenvalue weighted by Crippen LogP contribution is 2.31. The fourth-order valence-electron chi connectivity index (χ4n) is 5.54. The van der Waals surface area contributed by atoms with Gasteiger partial charge in [-0.3, -0.25) is 9.48 Å². The lowest BCUT2D eigenvalue weighted by Gasteiger charge is -2.33. The minimum Gasteiger partial charge on any atom is -0.387 e. The van der Waals surface area contributed by atoms with E-state index in [4.69, 9.17) is 0 Å². The van der Waals surface area contributed by atoms with Gasteiger partial charge in [0.15, 0.2) is 0 Å². The van der Waals surface area contributed by atoms with Crippen LogP contribution in [0, 0.1) is 5.92 Å². The topological polar surface area (TPSA) is 70.4 Å². The van der Waals surface area contributed by atoms with Crippen LogP contribution < -0.4 is 5.32 Å². The Morgan fingerprint density at radius 3 is 2.64 bits per heavy atom. The Kier molecular flexibility index (Phi) is 6.74. The van der Waals surface area contributed by atoms with Crippen LogP contribution in [0.2, 0.25) is 0 Å². The maximum Gasteiger partial charge on any atom is 0.253 e. The van der Waals surface area contributed by atoms with Crippen LogP contribution >= 0.6 is 0 Å². The Balaban J connectivity index is 1.08. The van der Waals surface area contributed by atoms with Gasteiger partial charge in [0.05, 0.1) is 12.1 Å². The Morgan fingerprint density at radius 1 is 1.12 bits per heavy atom. The van der Waals surface area contributed by atoms with Gasteiger partial charge >= 0.3 is 0 Å². The number of hydrogen-bond donors (Lipinski definition) is 2. The molecule has 5 rings (SSSR count). The number of nitrogens with one attached hydrogen (secondary N) is 1. The first-order chi connectivity index (χ1) is 16.2. The summed E-state index contributed by atoms with van der Waals surface area (Å²) < 4.78 is 2.02. The van der Waals surface area contributed by atoms with Crippen molar-refractivity contribution >= 4 is 5.91 Å². The molecule has 0 bridgehead atoms. The van der Waals surface area contributed by atoms with E-state index in [-0.39, 0.29) is 11.9 Å². The summed E-state index contributed by atoms with van der Waals surface area (Å²) in [6.07, 6.45) is 15.7. The van der Waals surface area contributed by atoms with Crippen molar-refractivity contribution in [3.63, 3.8) is 0 Å². The fraction of sp³-hybridized carbons (Fsp3) is 0.481. The molecule has 6 heteroatoms. The van der Waals surface area contributed by atoms with Gasteiger partial charge in [-0.25, -0.2) is 0 Å². The second kappa shape index (κ2) is 10.1. The molecule has 1 amide bonds. The summed E-state index contributed by atoms with van der Waals surface area (Å²) in [5.74, 6) is 0.603. The van der Waals surface area contributed by atoms with Gasteiger partial charge in [-0.05, 0) is 56.1 Å². The van der Waals surface area contributed by atoms with Crippen molar-refractivity contribution in [3.8, 4) is 0 Å². The zero-order chi connectivity index (χ0) is 22.6. The largest absolute Gasteiger partial charge is 0.387 e. The number of piperidine rings is 1. The molecule has 2 aromatic rings. The number of amides is 1. The monoisotopic (exact) mass is 446 g/mol. The Morgan fingerprint density at radius 2 is 1.94 bits per heavy atom. The van der Waals surface area contributed by atoms with Crippen LogP contribution in [0.1, 0.15) is 56.2 Å². The molecule has 3 aliphatic rings. The van der Waals surface area contributed by atoms with E-state index < -0.39 is 6.10 Å². The van der Waals surface area contributed by atoms with E-state index in [2.05, 4.69) is 22.6 Å². The number of aliphatic hydroxyl groups excluding tert-OH is 1.